The molecule has 9 heteroatoms. The maximum atomic E-state index is 12.1. The molecule has 0 aliphatic carbocycles. The van der Waals surface area contributed by atoms with Gasteiger partial charge in [-0.15, -0.1) is 0 Å². The van der Waals surface area contributed by atoms with Crippen LogP contribution in [0.4, 0.5) is 5.69 Å². The number of anilines is 1. The Labute approximate surface area is 103 Å². The molecule has 0 bridgehead atoms. The highest BCUT2D eigenvalue weighted by molar-refractivity contribution is 7.92. The van der Waals surface area contributed by atoms with E-state index in [0.717, 1.165) is 0 Å². The summed E-state index contributed by atoms with van der Waals surface area (Å²) in [5.74, 6) is 0. The molecule has 0 saturated carbocycles. The second-order valence-electron chi connectivity index (χ2n) is 3.80. The lowest BCUT2D eigenvalue weighted by Crippen LogP contribution is -2.16. The molecule has 0 saturated heterocycles. The number of hydrogen-bond donors (Lipinski definition) is 4. The number of sulfonamides is 1. The van der Waals surface area contributed by atoms with E-state index < -0.39 is 16.6 Å². The number of hydrogen-bond acceptors (Lipinski definition) is 5. The van der Waals surface area contributed by atoms with Crippen LogP contribution in [0, 0.1) is 13.8 Å². The molecular weight excluding hydrogens is 258 g/mol. The van der Waals surface area contributed by atoms with Crippen LogP contribution < -0.4 is 4.72 Å². The molecule has 2 aromatic heterocycles. The number of aryl methyl sites for hydroxylation is 2. The molecule has 0 unspecified atom stereocenters. The normalized spacial score (nSPS) is 11.7. The van der Waals surface area contributed by atoms with Crippen LogP contribution >= 0.6 is 0 Å². The highest BCUT2D eigenvalue weighted by Gasteiger charge is 2.22. The summed E-state index contributed by atoms with van der Waals surface area (Å²) in [5, 5.41) is 21.4. The zero-order valence-corrected chi connectivity index (χ0v) is 10.7. The molecule has 2 heterocycles. The van der Waals surface area contributed by atoms with Crippen molar-refractivity contribution in [3.8, 4) is 0 Å². The van der Waals surface area contributed by atoms with E-state index in [4.69, 9.17) is 5.11 Å². The summed E-state index contributed by atoms with van der Waals surface area (Å²) in [4.78, 5) is 0. The lowest BCUT2D eigenvalue weighted by molar-refractivity contribution is 0.278. The van der Waals surface area contributed by atoms with Crippen molar-refractivity contribution >= 4 is 15.7 Å². The molecule has 0 aliphatic rings. The molecule has 8 nitrogen and oxygen atoms in total. The van der Waals surface area contributed by atoms with Crippen molar-refractivity contribution in [3.63, 3.8) is 0 Å². The van der Waals surface area contributed by atoms with Crippen LogP contribution in [0.1, 0.15) is 17.0 Å². The lowest BCUT2D eigenvalue weighted by atomic mass is 10.3. The molecule has 4 N–H and O–H groups in total. The van der Waals surface area contributed by atoms with Gasteiger partial charge in [-0.05, 0) is 13.8 Å². The van der Waals surface area contributed by atoms with E-state index in [9.17, 15) is 8.42 Å². The van der Waals surface area contributed by atoms with Crippen molar-refractivity contribution in [2.24, 2.45) is 0 Å². The molecule has 18 heavy (non-hydrogen) atoms. The summed E-state index contributed by atoms with van der Waals surface area (Å²) in [6.45, 7) is 2.98. The molecule has 2 rings (SSSR count). The van der Waals surface area contributed by atoms with Gasteiger partial charge >= 0.3 is 0 Å². The van der Waals surface area contributed by atoms with E-state index in [1.54, 1.807) is 13.8 Å². The molecule has 98 valence electrons. The fourth-order valence-corrected chi connectivity index (χ4v) is 2.84. The Bertz CT molecular complexity index is 638. The molecule has 0 fully saturated rings. The number of aliphatic hydroxyl groups excluding tert-OH is 1. The molecular formula is C9H13N5O3S. The predicted octanol–water partition coefficient (Wildman–Crippen LogP) is 0.0427. The smallest absolute Gasteiger partial charge is 0.279 e. The average Bonchev–Trinajstić information content (AvgIpc) is 2.91. The molecule has 2 aromatic rings. The van der Waals surface area contributed by atoms with Crippen molar-refractivity contribution in [1.29, 1.82) is 0 Å². The third-order valence-electron chi connectivity index (χ3n) is 2.48. The van der Waals surface area contributed by atoms with Gasteiger partial charge in [-0.25, -0.2) is 0 Å². The third kappa shape index (κ3) is 2.09. The van der Waals surface area contributed by atoms with Crippen molar-refractivity contribution < 1.29 is 13.5 Å². The Morgan fingerprint density at radius 1 is 1.39 bits per heavy atom. The highest BCUT2D eigenvalue weighted by atomic mass is 32.2. The van der Waals surface area contributed by atoms with Gasteiger partial charge in [0.15, 0.2) is 5.03 Å². The van der Waals surface area contributed by atoms with Crippen molar-refractivity contribution in [2.75, 3.05) is 4.72 Å². The standard InChI is InChI=1S/C9H13N5O3S/c1-5-8(6(2)12-11-5)14-18(16,17)9-7(4-15)3-10-13-9/h3,14-15H,4H2,1-2H3,(H,10,13)(H,11,12). The fourth-order valence-electron chi connectivity index (χ4n) is 1.53. The van der Waals surface area contributed by atoms with Gasteiger partial charge in [-0.1, -0.05) is 0 Å². The van der Waals surface area contributed by atoms with Gasteiger partial charge in [0.1, 0.15) is 0 Å². The number of rotatable bonds is 4. The van der Waals surface area contributed by atoms with Gasteiger partial charge < -0.3 is 5.11 Å². The first kappa shape index (κ1) is 12.6. The summed E-state index contributed by atoms with van der Waals surface area (Å²) in [6, 6.07) is 0. The molecule has 0 radical (unpaired) electrons. The molecule has 0 spiro atoms. The van der Waals surface area contributed by atoms with E-state index in [2.05, 4.69) is 25.1 Å². The minimum atomic E-state index is -3.82. The maximum absolute atomic E-state index is 12.1. The fraction of sp³-hybridized carbons (Fsp3) is 0.333. The zero-order chi connectivity index (χ0) is 13.3. The van der Waals surface area contributed by atoms with Crippen molar-refractivity contribution in [2.45, 2.75) is 25.5 Å². The first-order chi connectivity index (χ1) is 8.45. The van der Waals surface area contributed by atoms with Crippen LogP contribution in [0.5, 0.6) is 0 Å². The van der Waals surface area contributed by atoms with Gasteiger partial charge in [0.25, 0.3) is 10.0 Å². The summed E-state index contributed by atoms with van der Waals surface area (Å²) >= 11 is 0. The van der Waals surface area contributed by atoms with Gasteiger partial charge in [0, 0.05) is 5.56 Å². The van der Waals surface area contributed by atoms with E-state index in [1.165, 1.54) is 6.20 Å². The first-order valence-electron chi connectivity index (χ1n) is 5.13. The SMILES string of the molecule is Cc1n[nH]c(C)c1NS(=O)(=O)c1[nH]ncc1CO. The summed E-state index contributed by atoms with van der Waals surface area (Å²) in [7, 11) is -3.82. The summed E-state index contributed by atoms with van der Waals surface area (Å²) < 4.78 is 26.6. The van der Waals surface area contributed by atoms with Crippen LogP contribution in [0.2, 0.25) is 0 Å². The van der Waals surface area contributed by atoms with Crippen molar-refractivity contribution in [1.82, 2.24) is 20.4 Å². The Hall–Kier alpha value is -1.87. The molecule has 0 aliphatic heterocycles. The zero-order valence-electron chi connectivity index (χ0n) is 9.85. The number of aromatic nitrogens is 4. The summed E-state index contributed by atoms with van der Waals surface area (Å²) in [5.41, 5.74) is 1.76. The van der Waals surface area contributed by atoms with Crippen LogP contribution in [0.15, 0.2) is 11.2 Å². The van der Waals surface area contributed by atoms with Gasteiger partial charge in [0.05, 0.1) is 29.9 Å². The summed E-state index contributed by atoms with van der Waals surface area (Å²) in [6.07, 6.45) is 1.27. The second-order valence-corrected chi connectivity index (χ2v) is 5.42. The van der Waals surface area contributed by atoms with E-state index >= 15 is 0 Å². The number of nitrogens with one attached hydrogen (secondary N) is 3. The van der Waals surface area contributed by atoms with Crippen LogP contribution in [0.25, 0.3) is 0 Å². The van der Waals surface area contributed by atoms with Gasteiger partial charge in [-0.3, -0.25) is 14.9 Å². The number of aromatic amines is 2. The first-order valence-corrected chi connectivity index (χ1v) is 6.61. The quantitative estimate of drug-likeness (QED) is 0.625. The Morgan fingerprint density at radius 3 is 2.67 bits per heavy atom. The third-order valence-corrected chi connectivity index (χ3v) is 3.85. The van der Waals surface area contributed by atoms with E-state index in [-0.39, 0.29) is 10.6 Å². The average molecular weight is 271 g/mol. The number of aliphatic hydroxyl groups is 1. The van der Waals surface area contributed by atoms with Crippen LogP contribution in [-0.2, 0) is 16.6 Å². The molecule has 0 amide bonds. The maximum Gasteiger partial charge on any atom is 0.279 e. The number of nitrogens with zero attached hydrogens (tertiary/aromatic N) is 2. The lowest BCUT2D eigenvalue weighted by Gasteiger charge is -2.07. The monoisotopic (exact) mass is 271 g/mol. The second kappa shape index (κ2) is 4.42. The topological polar surface area (TPSA) is 124 Å². The number of H-pyrrole nitrogens is 2. The molecule has 0 aromatic carbocycles. The minimum Gasteiger partial charge on any atom is -0.392 e. The van der Waals surface area contributed by atoms with Crippen LogP contribution in [-0.4, -0.2) is 33.9 Å². The van der Waals surface area contributed by atoms with E-state index in [1.807, 2.05) is 0 Å². The largest absolute Gasteiger partial charge is 0.392 e. The predicted molar refractivity (Wildman–Crippen MR) is 63.4 cm³/mol. The molecule has 0 atom stereocenters. The minimum absolute atomic E-state index is 0.148. The van der Waals surface area contributed by atoms with Gasteiger partial charge in [0.2, 0.25) is 0 Å². The highest BCUT2D eigenvalue weighted by Crippen LogP contribution is 2.21. The Morgan fingerprint density at radius 2 is 2.11 bits per heavy atom. The Balaban J connectivity index is 2.39. The van der Waals surface area contributed by atoms with Crippen LogP contribution in [0.3, 0.4) is 0 Å². The van der Waals surface area contributed by atoms with Crippen molar-refractivity contribution in [3.05, 3.63) is 23.1 Å². The Kier molecular flexibility index (Phi) is 3.09. The van der Waals surface area contributed by atoms with Gasteiger partial charge in [-0.2, -0.15) is 18.6 Å². The van der Waals surface area contributed by atoms with E-state index in [0.29, 0.717) is 17.1 Å².